The third-order valence-electron chi connectivity index (χ3n) is 4.71. The molecule has 0 amide bonds. The van der Waals surface area contributed by atoms with Crippen molar-refractivity contribution in [1.82, 2.24) is 5.48 Å². The van der Waals surface area contributed by atoms with Crippen LogP contribution in [0.1, 0.15) is 23.1 Å². The Bertz CT molecular complexity index is 999. The number of benzene rings is 3. The summed E-state index contributed by atoms with van der Waals surface area (Å²) in [7, 11) is 2.96. The molecule has 0 atom stereocenters. The Morgan fingerprint density at radius 1 is 0.844 bits per heavy atom. The van der Waals surface area contributed by atoms with Gasteiger partial charge in [0.2, 0.25) is 0 Å². The van der Waals surface area contributed by atoms with Crippen LogP contribution < -0.4 is 15.0 Å². The predicted octanol–water partition coefficient (Wildman–Crippen LogP) is 4.90. The fourth-order valence-corrected chi connectivity index (χ4v) is 2.94. The molecule has 0 fully saturated rings. The van der Waals surface area contributed by atoms with Crippen LogP contribution in [0.25, 0.3) is 5.70 Å². The number of ether oxygens (including phenoxy) is 3. The number of hydrogen-bond acceptors (Lipinski definition) is 6. The molecule has 0 saturated carbocycles. The van der Waals surface area contributed by atoms with Crippen LogP contribution in [0.3, 0.4) is 0 Å². The quantitative estimate of drug-likeness (QED) is 0.264. The molecule has 0 aromatic heterocycles. The number of carbonyl (C=O) groups excluding carboxylic acids is 1. The first-order valence-corrected chi connectivity index (χ1v) is 10.3. The lowest BCUT2D eigenvalue weighted by Gasteiger charge is -2.10. The summed E-state index contributed by atoms with van der Waals surface area (Å²) < 4.78 is 16.3. The standard InChI is InChI=1S/C26H27NO5/c1-29-26(28)17-12-20-8-13-23(14-9-20)31-18-21-10-15-24(16-11-21)32-19-25(27-30-2)22-6-4-3-5-7-22/h3-11,13-16,19,27H,12,17-18H2,1-2H3. The molecule has 0 aliphatic rings. The van der Waals surface area contributed by atoms with Crippen LogP contribution in [-0.4, -0.2) is 20.2 Å². The van der Waals surface area contributed by atoms with Gasteiger partial charge in [-0.05, 0) is 41.8 Å². The highest BCUT2D eigenvalue weighted by Crippen LogP contribution is 2.19. The van der Waals surface area contributed by atoms with E-state index in [1.807, 2.05) is 78.9 Å². The summed E-state index contributed by atoms with van der Waals surface area (Å²) in [5.41, 5.74) is 6.59. The molecule has 3 aromatic rings. The SMILES string of the molecule is CONC(=COc1ccc(COc2ccc(CCC(=O)OC)cc2)cc1)c1ccccc1. The molecule has 0 unspecified atom stereocenters. The molecule has 32 heavy (non-hydrogen) atoms. The van der Waals surface area contributed by atoms with Crippen LogP contribution in [0, 0.1) is 0 Å². The second-order valence-electron chi connectivity index (χ2n) is 6.97. The van der Waals surface area contributed by atoms with Crippen molar-refractivity contribution in [2.75, 3.05) is 14.2 Å². The van der Waals surface area contributed by atoms with E-state index in [4.69, 9.17) is 14.3 Å². The molecule has 0 heterocycles. The van der Waals surface area contributed by atoms with E-state index in [1.54, 1.807) is 13.4 Å². The maximum atomic E-state index is 11.2. The number of esters is 1. The van der Waals surface area contributed by atoms with Gasteiger partial charge in [-0.25, -0.2) is 0 Å². The van der Waals surface area contributed by atoms with Gasteiger partial charge in [-0.15, -0.1) is 0 Å². The molecular weight excluding hydrogens is 406 g/mol. The van der Waals surface area contributed by atoms with Crippen molar-refractivity contribution in [3.05, 3.63) is 102 Å². The molecule has 0 bridgehead atoms. The topological polar surface area (TPSA) is 66.0 Å². The number of carbonyl (C=O) groups is 1. The molecule has 0 spiro atoms. The molecule has 0 radical (unpaired) electrons. The highest BCUT2D eigenvalue weighted by atomic mass is 16.6. The van der Waals surface area contributed by atoms with Crippen molar-refractivity contribution in [1.29, 1.82) is 0 Å². The Labute approximate surface area is 188 Å². The molecule has 1 N–H and O–H groups in total. The van der Waals surface area contributed by atoms with Crippen LogP contribution in [0.5, 0.6) is 11.5 Å². The molecular formula is C26H27NO5. The summed E-state index contributed by atoms with van der Waals surface area (Å²) in [6.07, 6.45) is 2.63. The summed E-state index contributed by atoms with van der Waals surface area (Å²) in [5.74, 6) is 1.27. The smallest absolute Gasteiger partial charge is 0.305 e. The number of aryl methyl sites for hydroxylation is 1. The minimum absolute atomic E-state index is 0.209. The Kier molecular flexibility index (Phi) is 8.71. The maximum Gasteiger partial charge on any atom is 0.305 e. The Balaban J connectivity index is 1.51. The first-order chi connectivity index (χ1) is 15.7. The van der Waals surface area contributed by atoms with Crippen molar-refractivity contribution < 1.29 is 23.8 Å². The van der Waals surface area contributed by atoms with Gasteiger partial charge in [0.25, 0.3) is 0 Å². The monoisotopic (exact) mass is 433 g/mol. The Morgan fingerprint density at radius 2 is 1.50 bits per heavy atom. The van der Waals surface area contributed by atoms with Gasteiger partial charge in [0.15, 0.2) is 0 Å². The molecule has 166 valence electrons. The van der Waals surface area contributed by atoms with Gasteiger partial charge in [0.05, 0.1) is 14.2 Å². The van der Waals surface area contributed by atoms with E-state index in [0.717, 1.165) is 28.1 Å². The summed E-state index contributed by atoms with van der Waals surface area (Å²) >= 11 is 0. The highest BCUT2D eigenvalue weighted by molar-refractivity contribution is 5.69. The van der Waals surface area contributed by atoms with Crippen LogP contribution in [-0.2, 0) is 27.4 Å². The third-order valence-corrected chi connectivity index (χ3v) is 4.71. The van der Waals surface area contributed by atoms with Gasteiger partial charge in [-0.3, -0.25) is 15.1 Å². The average molecular weight is 434 g/mol. The zero-order valence-corrected chi connectivity index (χ0v) is 18.2. The van der Waals surface area contributed by atoms with E-state index in [2.05, 4.69) is 10.2 Å². The molecule has 3 rings (SSSR count). The minimum atomic E-state index is -0.209. The lowest BCUT2D eigenvalue weighted by atomic mass is 10.1. The Hall–Kier alpha value is -3.77. The summed E-state index contributed by atoms with van der Waals surface area (Å²) in [6.45, 7) is 0.443. The predicted molar refractivity (Wildman–Crippen MR) is 123 cm³/mol. The van der Waals surface area contributed by atoms with E-state index in [-0.39, 0.29) is 5.97 Å². The van der Waals surface area contributed by atoms with Crippen molar-refractivity contribution in [3.63, 3.8) is 0 Å². The summed E-state index contributed by atoms with van der Waals surface area (Å²) in [4.78, 5) is 16.3. The van der Waals surface area contributed by atoms with Gasteiger partial charge in [0.1, 0.15) is 30.1 Å². The number of methoxy groups -OCH3 is 1. The van der Waals surface area contributed by atoms with Gasteiger partial charge in [-0.2, -0.15) is 0 Å². The number of rotatable bonds is 11. The van der Waals surface area contributed by atoms with E-state index < -0.39 is 0 Å². The second-order valence-corrected chi connectivity index (χ2v) is 6.97. The van der Waals surface area contributed by atoms with Crippen molar-refractivity contribution in [2.45, 2.75) is 19.4 Å². The fourth-order valence-electron chi connectivity index (χ4n) is 2.94. The lowest BCUT2D eigenvalue weighted by Crippen LogP contribution is -2.11. The van der Waals surface area contributed by atoms with Crippen LogP contribution >= 0.6 is 0 Å². The largest absolute Gasteiger partial charge is 0.489 e. The van der Waals surface area contributed by atoms with E-state index in [9.17, 15) is 4.79 Å². The van der Waals surface area contributed by atoms with Gasteiger partial charge >= 0.3 is 5.97 Å². The highest BCUT2D eigenvalue weighted by Gasteiger charge is 2.04. The zero-order chi connectivity index (χ0) is 22.6. The average Bonchev–Trinajstić information content (AvgIpc) is 2.85. The van der Waals surface area contributed by atoms with Crippen molar-refractivity contribution >= 4 is 11.7 Å². The minimum Gasteiger partial charge on any atom is -0.489 e. The second kappa shape index (κ2) is 12.2. The van der Waals surface area contributed by atoms with Crippen LogP contribution in [0.15, 0.2) is 85.1 Å². The first kappa shape index (κ1) is 22.9. The molecule has 0 aliphatic heterocycles. The first-order valence-electron chi connectivity index (χ1n) is 10.3. The van der Waals surface area contributed by atoms with Gasteiger partial charge in [0, 0.05) is 12.0 Å². The summed E-state index contributed by atoms with van der Waals surface area (Å²) in [5, 5.41) is 0. The van der Waals surface area contributed by atoms with Gasteiger partial charge < -0.3 is 14.2 Å². The van der Waals surface area contributed by atoms with Crippen molar-refractivity contribution in [2.24, 2.45) is 0 Å². The number of hydrogen-bond donors (Lipinski definition) is 1. The molecule has 6 nitrogen and oxygen atoms in total. The molecule has 0 aliphatic carbocycles. The summed E-state index contributed by atoms with van der Waals surface area (Å²) in [6, 6.07) is 25.2. The Morgan fingerprint density at radius 3 is 2.16 bits per heavy atom. The zero-order valence-electron chi connectivity index (χ0n) is 18.2. The van der Waals surface area contributed by atoms with Crippen LogP contribution in [0.2, 0.25) is 0 Å². The van der Waals surface area contributed by atoms with E-state index >= 15 is 0 Å². The maximum absolute atomic E-state index is 11.2. The van der Waals surface area contributed by atoms with Crippen LogP contribution in [0.4, 0.5) is 0 Å². The lowest BCUT2D eigenvalue weighted by molar-refractivity contribution is -0.140. The van der Waals surface area contributed by atoms with Crippen molar-refractivity contribution in [3.8, 4) is 11.5 Å². The number of hydroxylamine groups is 1. The normalized spacial score (nSPS) is 11.0. The third kappa shape index (κ3) is 7.18. The van der Waals surface area contributed by atoms with E-state index in [0.29, 0.717) is 25.2 Å². The van der Waals surface area contributed by atoms with Gasteiger partial charge in [-0.1, -0.05) is 54.6 Å². The molecule has 3 aromatic carbocycles. The number of nitrogens with one attached hydrogen (secondary N) is 1. The fraction of sp³-hybridized carbons (Fsp3) is 0.192. The van der Waals surface area contributed by atoms with E-state index in [1.165, 1.54) is 7.11 Å². The molecule has 6 heteroatoms. The molecule has 0 saturated heterocycles.